The number of allylic oxidation sites excluding steroid dienone is 1. The molecule has 0 bridgehead atoms. The van der Waals surface area contributed by atoms with Gasteiger partial charge < -0.3 is 4.74 Å². The van der Waals surface area contributed by atoms with E-state index < -0.39 is 5.60 Å². The molecule has 0 radical (unpaired) electrons. The molecule has 3 aromatic carbocycles. The van der Waals surface area contributed by atoms with Crippen LogP contribution in [0.3, 0.4) is 0 Å². The zero-order valence-corrected chi connectivity index (χ0v) is 15.2. The Morgan fingerprint density at radius 3 is 1.52 bits per heavy atom. The van der Waals surface area contributed by atoms with Crippen LogP contribution in [-0.2, 0) is 15.1 Å². The van der Waals surface area contributed by atoms with E-state index in [9.17, 15) is 4.79 Å². The van der Waals surface area contributed by atoms with Gasteiger partial charge in [0.2, 0.25) is 0 Å². The van der Waals surface area contributed by atoms with Gasteiger partial charge in [-0.15, -0.1) is 0 Å². The largest absolute Gasteiger partial charge is 0.356 e. The van der Waals surface area contributed by atoms with Crippen LogP contribution in [0.2, 0.25) is 0 Å². The van der Waals surface area contributed by atoms with Gasteiger partial charge in [0.05, 0.1) is 6.61 Å². The Morgan fingerprint density at radius 1 is 0.704 bits per heavy atom. The minimum atomic E-state index is -0.770. The van der Waals surface area contributed by atoms with E-state index in [-0.39, 0.29) is 5.78 Å². The SMILES string of the molecule is O=C1CCC=C1COC(c1ccccc1)(c1ccccc1)c1ccccc1. The van der Waals surface area contributed by atoms with E-state index in [2.05, 4.69) is 36.4 Å². The van der Waals surface area contributed by atoms with Gasteiger partial charge in [0.15, 0.2) is 5.78 Å². The van der Waals surface area contributed by atoms with Gasteiger partial charge in [0.25, 0.3) is 0 Å². The minimum absolute atomic E-state index is 0.193. The lowest BCUT2D eigenvalue weighted by molar-refractivity contribution is -0.115. The number of hydrogen-bond donors (Lipinski definition) is 0. The molecule has 0 heterocycles. The summed E-state index contributed by atoms with van der Waals surface area (Å²) in [5, 5.41) is 0. The van der Waals surface area contributed by atoms with Crippen molar-refractivity contribution < 1.29 is 9.53 Å². The summed E-state index contributed by atoms with van der Waals surface area (Å²) >= 11 is 0. The van der Waals surface area contributed by atoms with Crippen molar-refractivity contribution in [3.8, 4) is 0 Å². The van der Waals surface area contributed by atoms with E-state index in [4.69, 9.17) is 4.74 Å². The Labute approximate surface area is 160 Å². The highest BCUT2D eigenvalue weighted by molar-refractivity contribution is 5.97. The van der Waals surface area contributed by atoms with Crippen LogP contribution in [0.25, 0.3) is 0 Å². The fourth-order valence-corrected chi connectivity index (χ4v) is 3.75. The summed E-state index contributed by atoms with van der Waals surface area (Å²) in [6.45, 7) is 0.303. The molecule has 0 fully saturated rings. The summed E-state index contributed by atoms with van der Waals surface area (Å²) in [6, 6.07) is 30.7. The highest BCUT2D eigenvalue weighted by Gasteiger charge is 2.38. The van der Waals surface area contributed by atoms with Crippen LogP contribution in [-0.4, -0.2) is 12.4 Å². The molecule has 0 spiro atoms. The molecular weight excluding hydrogens is 332 g/mol. The monoisotopic (exact) mass is 354 g/mol. The zero-order chi connectivity index (χ0) is 18.5. The quantitative estimate of drug-likeness (QED) is 0.563. The Balaban J connectivity index is 1.87. The molecule has 134 valence electrons. The fourth-order valence-electron chi connectivity index (χ4n) is 3.75. The molecule has 1 aliphatic carbocycles. The third kappa shape index (κ3) is 3.36. The number of carbonyl (C=O) groups excluding carboxylic acids is 1. The molecule has 0 atom stereocenters. The van der Waals surface area contributed by atoms with E-state index in [1.54, 1.807) is 0 Å². The second-order valence-electron chi connectivity index (χ2n) is 6.76. The number of ether oxygens (including phenoxy) is 1. The summed E-state index contributed by atoms with van der Waals surface area (Å²) in [4.78, 5) is 12.2. The van der Waals surface area contributed by atoms with Crippen molar-refractivity contribution in [3.63, 3.8) is 0 Å². The average Bonchev–Trinajstić information content (AvgIpc) is 3.16. The maximum Gasteiger partial charge on any atom is 0.161 e. The first-order valence-corrected chi connectivity index (χ1v) is 9.33. The molecule has 0 unspecified atom stereocenters. The third-order valence-electron chi connectivity index (χ3n) is 5.11. The van der Waals surface area contributed by atoms with E-state index in [1.165, 1.54) is 0 Å². The van der Waals surface area contributed by atoms with Gasteiger partial charge in [-0.3, -0.25) is 4.79 Å². The van der Waals surface area contributed by atoms with Crippen molar-refractivity contribution >= 4 is 5.78 Å². The van der Waals surface area contributed by atoms with Crippen LogP contribution in [0.4, 0.5) is 0 Å². The van der Waals surface area contributed by atoms with Crippen molar-refractivity contribution in [2.45, 2.75) is 18.4 Å². The molecule has 4 rings (SSSR count). The molecule has 0 aliphatic heterocycles. The first kappa shape index (κ1) is 17.4. The minimum Gasteiger partial charge on any atom is -0.356 e. The summed E-state index contributed by atoms with van der Waals surface area (Å²) in [6.07, 6.45) is 3.41. The summed E-state index contributed by atoms with van der Waals surface area (Å²) in [5.74, 6) is 0.193. The highest BCUT2D eigenvalue weighted by atomic mass is 16.5. The van der Waals surface area contributed by atoms with Crippen molar-refractivity contribution in [1.82, 2.24) is 0 Å². The second kappa shape index (κ2) is 7.73. The Bertz CT molecular complexity index is 831. The highest BCUT2D eigenvalue weighted by Crippen LogP contribution is 2.40. The maximum absolute atomic E-state index is 12.2. The topological polar surface area (TPSA) is 26.3 Å². The van der Waals surface area contributed by atoms with Crippen LogP contribution < -0.4 is 0 Å². The fraction of sp³-hybridized carbons (Fsp3) is 0.160. The molecule has 2 heteroatoms. The van der Waals surface area contributed by atoms with Crippen LogP contribution >= 0.6 is 0 Å². The molecule has 0 N–H and O–H groups in total. The number of benzene rings is 3. The molecular formula is C25H22O2. The normalized spacial score (nSPS) is 14.2. The first-order chi connectivity index (χ1) is 13.3. The smallest absolute Gasteiger partial charge is 0.161 e. The van der Waals surface area contributed by atoms with E-state index >= 15 is 0 Å². The lowest BCUT2D eigenvalue weighted by Gasteiger charge is -2.36. The lowest BCUT2D eigenvalue weighted by Crippen LogP contribution is -2.34. The Kier molecular flexibility index (Phi) is 4.99. The van der Waals surface area contributed by atoms with Gasteiger partial charge in [-0.1, -0.05) is 97.1 Å². The summed E-state index contributed by atoms with van der Waals surface area (Å²) in [7, 11) is 0. The molecule has 0 aromatic heterocycles. The second-order valence-corrected chi connectivity index (χ2v) is 6.76. The first-order valence-electron chi connectivity index (χ1n) is 9.33. The predicted octanol–water partition coefficient (Wildman–Crippen LogP) is 5.28. The van der Waals surface area contributed by atoms with E-state index in [0.29, 0.717) is 13.0 Å². The maximum atomic E-state index is 12.2. The van der Waals surface area contributed by atoms with E-state index in [0.717, 1.165) is 28.7 Å². The third-order valence-corrected chi connectivity index (χ3v) is 5.11. The van der Waals surface area contributed by atoms with Crippen molar-refractivity contribution in [2.75, 3.05) is 6.61 Å². The molecule has 0 saturated heterocycles. The van der Waals surface area contributed by atoms with Gasteiger partial charge in [-0.05, 0) is 23.1 Å². The lowest BCUT2D eigenvalue weighted by atomic mass is 9.80. The molecule has 3 aromatic rings. The van der Waals surface area contributed by atoms with Crippen LogP contribution in [0.15, 0.2) is 103 Å². The van der Waals surface area contributed by atoms with Crippen LogP contribution in [0.5, 0.6) is 0 Å². The zero-order valence-electron chi connectivity index (χ0n) is 15.2. The molecule has 0 amide bonds. The number of hydrogen-bond acceptors (Lipinski definition) is 2. The molecule has 2 nitrogen and oxygen atoms in total. The van der Waals surface area contributed by atoms with Crippen molar-refractivity contribution in [1.29, 1.82) is 0 Å². The summed E-state index contributed by atoms with van der Waals surface area (Å²) in [5.41, 5.74) is 3.16. The van der Waals surface area contributed by atoms with Crippen LogP contribution in [0.1, 0.15) is 29.5 Å². The number of Topliss-reactive ketones (excluding diaryl/α,β-unsaturated/α-hetero) is 1. The van der Waals surface area contributed by atoms with Gasteiger partial charge in [-0.25, -0.2) is 0 Å². The van der Waals surface area contributed by atoms with Gasteiger partial charge >= 0.3 is 0 Å². The number of carbonyl (C=O) groups is 1. The standard InChI is InChI=1S/C25H22O2/c26-24-18-10-11-20(24)19-27-25(21-12-4-1-5-13-21,22-14-6-2-7-15-22)23-16-8-3-9-17-23/h1-9,11-17H,10,18-19H2. The molecule has 27 heavy (non-hydrogen) atoms. The Morgan fingerprint density at radius 2 is 1.15 bits per heavy atom. The average molecular weight is 354 g/mol. The number of ketones is 1. The summed E-state index contributed by atoms with van der Waals surface area (Å²) < 4.78 is 6.65. The van der Waals surface area contributed by atoms with Gasteiger partial charge in [-0.2, -0.15) is 0 Å². The van der Waals surface area contributed by atoms with Gasteiger partial charge in [0.1, 0.15) is 5.60 Å². The van der Waals surface area contributed by atoms with Crippen molar-refractivity contribution in [2.24, 2.45) is 0 Å². The van der Waals surface area contributed by atoms with Gasteiger partial charge in [0, 0.05) is 12.0 Å². The van der Waals surface area contributed by atoms with Crippen molar-refractivity contribution in [3.05, 3.63) is 119 Å². The molecule has 1 aliphatic rings. The number of rotatable bonds is 6. The predicted molar refractivity (Wildman–Crippen MR) is 107 cm³/mol. The Hall–Kier alpha value is -2.97. The van der Waals surface area contributed by atoms with E-state index in [1.807, 2.05) is 60.7 Å². The molecule has 0 saturated carbocycles. The van der Waals surface area contributed by atoms with Crippen LogP contribution in [0, 0.1) is 0 Å².